The predicted molar refractivity (Wildman–Crippen MR) is 135 cm³/mol. The molecule has 6 nitrogen and oxygen atoms in total. The molecule has 4 rings (SSSR count). The molecule has 0 radical (unpaired) electrons. The summed E-state index contributed by atoms with van der Waals surface area (Å²) in [6, 6.07) is 18.1. The summed E-state index contributed by atoms with van der Waals surface area (Å²) in [5.74, 6) is -0.226. The van der Waals surface area contributed by atoms with Gasteiger partial charge < -0.3 is 9.67 Å². The van der Waals surface area contributed by atoms with Gasteiger partial charge in [-0.15, -0.1) is 0 Å². The van der Waals surface area contributed by atoms with Crippen molar-refractivity contribution in [2.75, 3.05) is 0 Å². The van der Waals surface area contributed by atoms with Gasteiger partial charge in [0, 0.05) is 19.9 Å². The Morgan fingerprint density at radius 1 is 1.03 bits per heavy atom. The van der Waals surface area contributed by atoms with Crippen molar-refractivity contribution in [1.29, 1.82) is 0 Å². The number of halogens is 2. The smallest absolute Gasteiger partial charge is 0.260 e. The number of carbonyl (C=O) groups is 1. The molecule has 0 unspecified atom stereocenters. The minimum atomic E-state index is -0.343. The Hall–Kier alpha value is -2.47. The van der Waals surface area contributed by atoms with Crippen LogP contribution < -0.4 is 10.9 Å². The maximum absolute atomic E-state index is 12.8. The van der Waals surface area contributed by atoms with Gasteiger partial charge in [0.05, 0.1) is 20.8 Å². The molecule has 1 heterocycles. The highest BCUT2D eigenvalue weighted by atomic mass is 127. The van der Waals surface area contributed by atoms with Gasteiger partial charge in [-0.25, -0.2) is 5.43 Å². The van der Waals surface area contributed by atoms with Crippen LogP contribution in [0.2, 0.25) is 0 Å². The number of pyridine rings is 1. The van der Waals surface area contributed by atoms with Crippen molar-refractivity contribution in [3.05, 3.63) is 83.6 Å². The van der Waals surface area contributed by atoms with Crippen molar-refractivity contribution in [1.82, 2.24) is 9.99 Å². The molecule has 30 heavy (non-hydrogen) atoms. The summed E-state index contributed by atoms with van der Waals surface area (Å²) in [6.45, 7) is -0.00547. The molecule has 0 fully saturated rings. The molecule has 0 saturated carbocycles. The minimum Gasteiger partial charge on any atom is -0.506 e. The molecule has 150 valence electrons. The molecule has 3 aromatic carbocycles. The van der Waals surface area contributed by atoms with Gasteiger partial charge >= 0.3 is 0 Å². The normalized spacial score (nSPS) is 11.4. The van der Waals surface area contributed by atoms with Crippen LogP contribution >= 0.6 is 45.2 Å². The number of benzene rings is 3. The van der Waals surface area contributed by atoms with E-state index in [1.807, 2.05) is 69.6 Å². The largest absolute Gasteiger partial charge is 0.506 e. The molecular formula is C22H15I2N3O3. The zero-order valence-electron chi connectivity index (χ0n) is 15.5. The average Bonchev–Trinajstić information content (AvgIpc) is 2.74. The first-order valence-electron chi connectivity index (χ1n) is 8.96. The Morgan fingerprint density at radius 3 is 2.27 bits per heavy atom. The number of hydrazone groups is 1. The average molecular weight is 623 g/mol. The summed E-state index contributed by atoms with van der Waals surface area (Å²) in [6.07, 6.45) is 1.42. The Kier molecular flexibility index (Phi) is 6.04. The van der Waals surface area contributed by atoms with E-state index in [0.717, 1.165) is 3.57 Å². The maximum atomic E-state index is 12.8. The van der Waals surface area contributed by atoms with E-state index in [4.69, 9.17) is 0 Å². The fraction of sp³-hybridized carbons (Fsp3) is 0.0455. The van der Waals surface area contributed by atoms with Gasteiger partial charge in [-0.2, -0.15) is 5.10 Å². The molecule has 0 atom stereocenters. The van der Waals surface area contributed by atoms with Gasteiger partial charge in [-0.05, 0) is 81.6 Å². The van der Waals surface area contributed by atoms with Gasteiger partial charge in [0.2, 0.25) is 0 Å². The van der Waals surface area contributed by atoms with Crippen molar-refractivity contribution < 1.29 is 9.90 Å². The van der Waals surface area contributed by atoms with Crippen LogP contribution in [0, 0.1) is 7.14 Å². The second kappa shape index (κ2) is 8.72. The zero-order chi connectivity index (χ0) is 21.3. The molecule has 1 aromatic heterocycles. The van der Waals surface area contributed by atoms with Crippen molar-refractivity contribution in [2.45, 2.75) is 6.54 Å². The summed E-state index contributed by atoms with van der Waals surface area (Å²) in [7, 11) is 0. The number of phenolic OH excluding ortho intramolecular Hbond substituents is 1. The van der Waals surface area contributed by atoms with Crippen LogP contribution in [0.4, 0.5) is 0 Å². The second-order valence-electron chi connectivity index (χ2n) is 6.57. The minimum absolute atomic E-state index is 0.00547. The SMILES string of the molecule is O=C(Cn1c2ccccc2c(=O)c2ccccc21)N/N=C/c1cc(I)cc(I)c1O. The highest BCUT2D eigenvalue weighted by Crippen LogP contribution is 2.25. The fourth-order valence-electron chi connectivity index (χ4n) is 3.28. The van der Waals surface area contributed by atoms with E-state index >= 15 is 0 Å². The van der Waals surface area contributed by atoms with Crippen LogP contribution in [-0.4, -0.2) is 21.8 Å². The number of nitrogens with zero attached hydrogens (tertiary/aromatic N) is 2. The van der Waals surface area contributed by atoms with Crippen LogP contribution in [0.1, 0.15) is 5.56 Å². The molecule has 0 saturated heterocycles. The summed E-state index contributed by atoms with van der Waals surface area (Å²) < 4.78 is 3.47. The van der Waals surface area contributed by atoms with E-state index in [2.05, 4.69) is 33.1 Å². The molecule has 8 heteroatoms. The number of phenols is 1. The van der Waals surface area contributed by atoms with E-state index in [9.17, 15) is 14.7 Å². The number of carbonyl (C=O) groups excluding carboxylic acids is 1. The van der Waals surface area contributed by atoms with Gasteiger partial charge in [-0.3, -0.25) is 9.59 Å². The first-order chi connectivity index (χ1) is 14.5. The molecule has 0 aliphatic rings. The molecule has 0 spiro atoms. The van der Waals surface area contributed by atoms with E-state index < -0.39 is 0 Å². The van der Waals surface area contributed by atoms with Crippen LogP contribution in [0.15, 0.2) is 70.6 Å². The number of rotatable bonds is 4. The van der Waals surface area contributed by atoms with Crippen molar-refractivity contribution in [2.24, 2.45) is 5.10 Å². The molecule has 1 amide bonds. The number of para-hydroxylation sites is 2. The number of aromatic hydroxyl groups is 1. The Labute approximate surface area is 198 Å². The zero-order valence-corrected chi connectivity index (χ0v) is 19.8. The lowest BCUT2D eigenvalue weighted by Gasteiger charge is -2.14. The van der Waals surface area contributed by atoms with Gasteiger partial charge in [0.1, 0.15) is 12.3 Å². The Balaban J connectivity index is 1.65. The van der Waals surface area contributed by atoms with E-state index in [0.29, 0.717) is 30.9 Å². The van der Waals surface area contributed by atoms with Gasteiger partial charge in [0.25, 0.3) is 5.91 Å². The van der Waals surface area contributed by atoms with E-state index in [1.165, 1.54) is 6.21 Å². The summed E-state index contributed by atoms with van der Waals surface area (Å²) in [5.41, 5.74) is 4.34. The first kappa shape index (κ1) is 20.8. The first-order valence-corrected chi connectivity index (χ1v) is 11.1. The third kappa shape index (κ3) is 4.06. The fourth-order valence-corrected chi connectivity index (χ4v) is 5.17. The number of nitrogens with one attached hydrogen (secondary N) is 1. The predicted octanol–water partition coefficient (Wildman–Crippen LogP) is 4.22. The molecular weight excluding hydrogens is 608 g/mol. The van der Waals surface area contributed by atoms with E-state index in [1.54, 1.807) is 18.2 Å². The highest BCUT2D eigenvalue weighted by Gasteiger charge is 2.12. The summed E-state index contributed by atoms with van der Waals surface area (Å²) in [4.78, 5) is 25.4. The second-order valence-corrected chi connectivity index (χ2v) is 8.98. The molecule has 0 aliphatic heterocycles. The molecule has 2 N–H and O–H groups in total. The van der Waals surface area contributed by atoms with E-state index in [-0.39, 0.29) is 23.6 Å². The van der Waals surface area contributed by atoms with Crippen molar-refractivity contribution >= 4 is 79.1 Å². The molecule has 0 aliphatic carbocycles. The third-order valence-corrected chi connectivity index (χ3v) is 6.08. The van der Waals surface area contributed by atoms with Crippen LogP contribution in [0.3, 0.4) is 0 Å². The highest BCUT2D eigenvalue weighted by molar-refractivity contribution is 14.1. The number of hydrogen-bond acceptors (Lipinski definition) is 4. The van der Waals surface area contributed by atoms with Crippen molar-refractivity contribution in [3.63, 3.8) is 0 Å². The lowest BCUT2D eigenvalue weighted by Crippen LogP contribution is -2.25. The van der Waals surface area contributed by atoms with Crippen LogP contribution in [-0.2, 0) is 11.3 Å². The van der Waals surface area contributed by atoms with Crippen LogP contribution in [0.5, 0.6) is 5.75 Å². The topological polar surface area (TPSA) is 83.7 Å². The number of amides is 1. The Morgan fingerprint density at radius 2 is 1.63 bits per heavy atom. The number of aromatic nitrogens is 1. The quantitative estimate of drug-likeness (QED) is 0.155. The number of hydrogen-bond donors (Lipinski definition) is 2. The third-order valence-electron chi connectivity index (χ3n) is 4.63. The summed E-state index contributed by atoms with van der Waals surface area (Å²) in [5, 5.41) is 15.3. The monoisotopic (exact) mass is 623 g/mol. The van der Waals surface area contributed by atoms with Crippen molar-refractivity contribution in [3.8, 4) is 5.75 Å². The van der Waals surface area contributed by atoms with Gasteiger partial charge in [0.15, 0.2) is 5.43 Å². The molecule has 4 aromatic rings. The Bertz CT molecular complexity index is 1320. The maximum Gasteiger partial charge on any atom is 0.260 e. The van der Waals surface area contributed by atoms with Gasteiger partial charge in [-0.1, -0.05) is 24.3 Å². The lowest BCUT2D eigenvalue weighted by atomic mass is 10.1. The number of fused-ring (bicyclic) bond motifs is 2. The standard InChI is InChI=1S/C22H15I2N3O3/c23-14-9-13(21(29)17(24)10-14)11-25-26-20(28)12-27-18-7-3-1-5-15(18)22(30)16-6-2-4-8-19(16)27/h1-11,29H,12H2,(H,26,28)/b25-11+. The summed E-state index contributed by atoms with van der Waals surface area (Å²) >= 11 is 4.19. The van der Waals surface area contributed by atoms with Crippen LogP contribution in [0.25, 0.3) is 21.8 Å². The molecule has 0 bridgehead atoms. The lowest BCUT2D eigenvalue weighted by molar-refractivity contribution is -0.121.